The van der Waals surface area contributed by atoms with E-state index in [2.05, 4.69) is 33.9 Å². The van der Waals surface area contributed by atoms with E-state index in [1.807, 2.05) is 11.8 Å². The molecule has 7 heteroatoms. The van der Waals surface area contributed by atoms with Crippen molar-refractivity contribution in [1.29, 1.82) is 0 Å². The van der Waals surface area contributed by atoms with Crippen molar-refractivity contribution >= 4 is 23.4 Å². The standard InChI is InChI=1S/C11H17N5OS/c1-7-5-16(6-8(2)18-7)10-4-13-9(3-14-10)11(12)15-17/h3-4,7-8,17H,5-6H2,1-2H3,(H2,12,15). The quantitative estimate of drug-likeness (QED) is 0.358. The molecule has 0 radical (unpaired) electrons. The van der Waals surface area contributed by atoms with Gasteiger partial charge in [0.15, 0.2) is 5.84 Å². The van der Waals surface area contributed by atoms with E-state index in [1.54, 1.807) is 6.20 Å². The summed E-state index contributed by atoms with van der Waals surface area (Å²) in [4.78, 5) is 10.7. The van der Waals surface area contributed by atoms with E-state index in [0.29, 0.717) is 16.2 Å². The Morgan fingerprint density at radius 1 is 1.39 bits per heavy atom. The maximum absolute atomic E-state index is 8.56. The van der Waals surface area contributed by atoms with Crippen molar-refractivity contribution < 1.29 is 5.21 Å². The third kappa shape index (κ3) is 2.84. The number of oxime groups is 1. The van der Waals surface area contributed by atoms with Gasteiger partial charge in [-0.25, -0.2) is 9.97 Å². The number of hydrogen-bond donors (Lipinski definition) is 2. The van der Waals surface area contributed by atoms with Crippen molar-refractivity contribution in [2.24, 2.45) is 10.9 Å². The largest absolute Gasteiger partial charge is 0.409 e. The normalized spacial score (nSPS) is 25.2. The fourth-order valence-electron chi connectivity index (χ4n) is 2.03. The topological polar surface area (TPSA) is 87.6 Å². The van der Waals surface area contributed by atoms with Crippen molar-refractivity contribution in [3.8, 4) is 0 Å². The van der Waals surface area contributed by atoms with E-state index < -0.39 is 0 Å². The number of aromatic nitrogens is 2. The molecular weight excluding hydrogens is 250 g/mol. The molecule has 18 heavy (non-hydrogen) atoms. The Balaban J connectivity index is 2.14. The zero-order chi connectivity index (χ0) is 13.1. The second-order valence-corrected chi connectivity index (χ2v) is 6.29. The maximum Gasteiger partial charge on any atom is 0.190 e. The first kappa shape index (κ1) is 12.9. The summed E-state index contributed by atoms with van der Waals surface area (Å²) in [7, 11) is 0. The monoisotopic (exact) mass is 267 g/mol. The Hall–Kier alpha value is -1.50. The fourth-order valence-corrected chi connectivity index (χ4v) is 3.36. The molecule has 0 amide bonds. The highest BCUT2D eigenvalue weighted by molar-refractivity contribution is 8.00. The van der Waals surface area contributed by atoms with E-state index in [0.717, 1.165) is 18.9 Å². The first-order valence-corrected chi connectivity index (χ1v) is 6.74. The van der Waals surface area contributed by atoms with Crippen molar-refractivity contribution in [1.82, 2.24) is 9.97 Å². The summed E-state index contributed by atoms with van der Waals surface area (Å²) in [5.74, 6) is 0.813. The van der Waals surface area contributed by atoms with E-state index in [-0.39, 0.29) is 5.84 Å². The zero-order valence-corrected chi connectivity index (χ0v) is 11.3. The van der Waals surface area contributed by atoms with Crippen LogP contribution in [0.1, 0.15) is 19.5 Å². The van der Waals surface area contributed by atoms with Gasteiger partial charge in [-0.1, -0.05) is 19.0 Å². The molecule has 1 aliphatic rings. The fraction of sp³-hybridized carbons (Fsp3) is 0.545. The number of hydrogen-bond acceptors (Lipinski definition) is 6. The molecule has 98 valence electrons. The van der Waals surface area contributed by atoms with Crippen LogP contribution in [0.3, 0.4) is 0 Å². The molecule has 1 aromatic heterocycles. The van der Waals surface area contributed by atoms with Crippen molar-refractivity contribution in [3.05, 3.63) is 18.1 Å². The van der Waals surface area contributed by atoms with Crippen LogP contribution in [0, 0.1) is 0 Å². The number of rotatable bonds is 2. The number of nitrogens with zero attached hydrogens (tertiary/aromatic N) is 4. The van der Waals surface area contributed by atoms with Crippen LogP contribution in [-0.2, 0) is 0 Å². The average Bonchev–Trinajstić information content (AvgIpc) is 2.37. The molecule has 2 unspecified atom stereocenters. The molecular formula is C11H17N5OS. The third-order valence-electron chi connectivity index (χ3n) is 2.75. The lowest BCUT2D eigenvalue weighted by Crippen LogP contribution is -2.41. The van der Waals surface area contributed by atoms with E-state index in [1.165, 1.54) is 6.20 Å². The van der Waals surface area contributed by atoms with Crippen molar-refractivity contribution in [3.63, 3.8) is 0 Å². The minimum Gasteiger partial charge on any atom is -0.409 e. The van der Waals surface area contributed by atoms with Crippen molar-refractivity contribution in [2.45, 2.75) is 24.3 Å². The van der Waals surface area contributed by atoms with Crippen LogP contribution in [0.5, 0.6) is 0 Å². The first-order valence-electron chi connectivity index (χ1n) is 5.80. The molecule has 6 nitrogen and oxygen atoms in total. The van der Waals surface area contributed by atoms with E-state index >= 15 is 0 Å². The second-order valence-electron chi connectivity index (χ2n) is 4.41. The summed E-state index contributed by atoms with van der Waals surface area (Å²) in [6.45, 7) is 6.36. The molecule has 0 aromatic carbocycles. The SMILES string of the molecule is CC1CN(c2cnc(C(N)=NO)cn2)CC(C)S1. The van der Waals surface area contributed by atoms with Crippen LogP contribution < -0.4 is 10.6 Å². The van der Waals surface area contributed by atoms with Gasteiger partial charge in [0.2, 0.25) is 0 Å². The highest BCUT2D eigenvalue weighted by Gasteiger charge is 2.23. The molecule has 0 spiro atoms. The van der Waals surface area contributed by atoms with Crippen LogP contribution in [-0.4, -0.2) is 44.6 Å². The molecule has 3 N–H and O–H groups in total. The molecule has 2 heterocycles. The summed E-state index contributed by atoms with van der Waals surface area (Å²) in [6, 6.07) is 0. The highest BCUT2D eigenvalue weighted by Crippen LogP contribution is 2.27. The van der Waals surface area contributed by atoms with E-state index in [9.17, 15) is 0 Å². The van der Waals surface area contributed by atoms with Crippen LogP contribution in [0.25, 0.3) is 0 Å². The Kier molecular flexibility index (Phi) is 3.90. The highest BCUT2D eigenvalue weighted by atomic mass is 32.2. The van der Waals surface area contributed by atoms with Crippen LogP contribution >= 0.6 is 11.8 Å². The molecule has 1 fully saturated rings. The minimum absolute atomic E-state index is 0.0232. The van der Waals surface area contributed by atoms with Gasteiger partial charge in [0.1, 0.15) is 11.5 Å². The van der Waals surface area contributed by atoms with Crippen LogP contribution in [0.2, 0.25) is 0 Å². The van der Waals surface area contributed by atoms with Crippen LogP contribution in [0.4, 0.5) is 5.82 Å². The lowest BCUT2D eigenvalue weighted by atomic mass is 10.3. The Morgan fingerprint density at radius 3 is 2.56 bits per heavy atom. The Labute approximate surface area is 110 Å². The maximum atomic E-state index is 8.56. The zero-order valence-electron chi connectivity index (χ0n) is 10.4. The van der Waals surface area contributed by atoms with Gasteiger partial charge in [0.05, 0.1) is 12.4 Å². The van der Waals surface area contributed by atoms with Gasteiger partial charge in [0.25, 0.3) is 0 Å². The summed E-state index contributed by atoms with van der Waals surface area (Å²) in [5, 5.41) is 12.6. The molecule has 1 aliphatic heterocycles. The predicted molar refractivity (Wildman–Crippen MR) is 73.3 cm³/mol. The molecule has 0 bridgehead atoms. The molecule has 1 aromatic rings. The second kappa shape index (κ2) is 5.43. The third-order valence-corrected chi connectivity index (χ3v) is 3.98. The van der Waals surface area contributed by atoms with Gasteiger partial charge in [-0.3, -0.25) is 0 Å². The number of anilines is 1. The summed E-state index contributed by atoms with van der Waals surface area (Å²) in [6.07, 6.45) is 3.20. The number of thioether (sulfide) groups is 1. The summed E-state index contributed by atoms with van der Waals surface area (Å²) < 4.78 is 0. The van der Waals surface area contributed by atoms with Gasteiger partial charge in [-0.15, -0.1) is 0 Å². The number of amidine groups is 1. The molecule has 2 atom stereocenters. The summed E-state index contributed by atoms with van der Waals surface area (Å²) in [5.41, 5.74) is 5.83. The Bertz CT molecular complexity index is 426. The van der Waals surface area contributed by atoms with Crippen LogP contribution in [0.15, 0.2) is 17.5 Å². The Morgan fingerprint density at radius 2 is 2.06 bits per heavy atom. The predicted octanol–water partition coefficient (Wildman–Crippen LogP) is 0.901. The average molecular weight is 267 g/mol. The van der Waals surface area contributed by atoms with Gasteiger partial charge in [-0.2, -0.15) is 11.8 Å². The minimum atomic E-state index is -0.0232. The first-order chi connectivity index (χ1) is 8.60. The van der Waals surface area contributed by atoms with Gasteiger partial charge in [0, 0.05) is 23.6 Å². The molecule has 0 saturated carbocycles. The molecule has 0 aliphatic carbocycles. The number of nitrogens with two attached hydrogens (primary N) is 1. The van der Waals surface area contributed by atoms with Gasteiger partial charge in [-0.05, 0) is 0 Å². The van der Waals surface area contributed by atoms with E-state index in [4.69, 9.17) is 10.9 Å². The van der Waals surface area contributed by atoms with Crippen molar-refractivity contribution in [2.75, 3.05) is 18.0 Å². The smallest absolute Gasteiger partial charge is 0.190 e. The van der Waals surface area contributed by atoms with Gasteiger partial charge < -0.3 is 15.8 Å². The molecule has 1 saturated heterocycles. The summed E-state index contributed by atoms with van der Waals surface area (Å²) >= 11 is 1.99. The molecule has 2 rings (SSSR count). The van der Waals surface area contributed by atoms with Gasteiger partial charge >= 0.3 is 0 Å². The lowest BCUT2D eigenvalue weighted by molar-refractivity contribution is 0.318. The lowest BCUT2D eigenvalue weighted by Gasteiger charge is -2.35.